The lowest BCUT2D eigenvalue weighted by Crippen LogP contribution is -2.26. The van der Waals surface area contributed by atoms with Gasteiger partial charge in [-0.3, -0.25) is 4.79 Å². The highest BCUT2D eigenvalue weighted by atomic mass is 16.1. The van der Waals surface area contributed by atoms with E-state index in [9.17, 15) is 4.79 Å². The summed E-state index contributed by atoms with van der Waals surface area (Å²) < 4.78 is 0. The molecule has 0 fully saturated rings. The van der Waals surface area contributed by atoms with Crippen LogP contribution in [0.1, 0.15) is 43.9 Å². The topological polar surface area (TPSA) is 41.1 Å². The van der Waals surface area contributed by atoms with Gasteiger partial charge in [0.25, 0.3) is 0 Å². The van der Waals surface area contributed by atoms with Crippen molar-refractivity contribution >= 4 is 5.91 Å². The molecule has 0 bridgehead atoms. The van der Waals surface area contributed by atoms with Crippen molar-refractivity contribution in [1.29, 1.82) is 0 Å². The van der Waals surface area contributed by atoms with Crippen molar-refractivity contribution in [3.8, 4) is 0 Å². The number of carbonyl (C=O) groups is 1. The number of aryl methyl sites for hydroxylation is 1. The highest BCUT2D eigenvalue weighted by molar-refractivity contribution is 5.76. The van der Waals surface area contributed by atoms with E-state index in [0.717, 1.165) is 0 Å². The molecule has 0 saturated heterocycles. The van der Waals surface area contributed by atoms with E-state index in [4.69, 9.17) is 0 Å². The van der Waals surface area contributed by atoms with Crippen LogP contribution in [0, 0.1) is 6.92 Å². The van der Waals surface area contributed by atoms with Crippen molar-refractivity contribution in [3.63, 3.8) is 0 Å². The first-order valence-corrected chi connectivity index (χ1v) is 6.86. The van der Waals surface area contributed by atoms with Crippen LogP contribution in [0.2, 0.25) is 0 Å². The van der Waals surface area contributed by atoms with E-state index in [1.165, 1.54) is 16.7 Å². The molecule has 0 unspecified atom stereocenters. The maximum Gasteiger partial charge on any atom is 0.221 e. The first-order chi connectivity index (χ1) is 8.84. The summed E-state index contributed by atoms with van der Waals surface area (Å²) in [6, 6.07) is 6.50. The fourth-order valence-electron chi connectivity index (χ4n) is 1.85. The molecule has 1 aromatic carbocycles. The van der Waals surface area contributed by atoms with E-state index < -0.39 is 0 Å². The predicted molar refractivity (Wildman–Crippen MR) is 80.3 cm³/mol. The summed E-state index contributed by atoms with van der Waals surface area (Å²) in [6.45, 7) is 10.0. The molecule has 0 atom stereocenters. The van der Waals surface area contributed by atoms with E-state index in [2.05, 4.69) is 56.5 Å². The Kier molecular flexibility index (Phi) is 5.55. The van der Waals surface area contributed by atoms with Crippen LogP contribution in [-0.2, 0) is 16.8 Å². The van der Waals surface area contributed by atoms with Gasteiger partial charge in [-0.1, -0.05) is 39.0 Å². The third-order valence-electron chi connectivity index (χ3n) is 3.29. The van der Waals surface area contributed by atoms with Crippen LogP contribution in [0.3, 0.4) is 0 Å². The second-order valence-corrected chi connectivity index (χ2v) is 6.02. The highest BCUT2D eigenvalue weighted by Crippen LogP contribution is 2.24. The molecular weight excluding hydrogens is 236 g/mol. The van der Waals surface area contributed by atoms with Gasteiger partial charge in [0, 0.05) is 19.5 Å². The number of hydrogen-bond donors (Lipinski definition) is 2. The molecule has 3 heteroatoms. The summed E-state index contributed by atoms with van der Waals surface area (Å²) in [6.07, 6.45) is 0.522. The summed E-state index contributed by atoms with van der Waals surface area (Å²) in [5.74, 6) is 0.0925. The quantitative estimate of drug-likeness (QED) is 0.856. The Morgan fingerprint density at radius 2 is 1.95 bits per heavy atom. The average molecular weight is 262 g/mol. The van der Waals surface area contributed by atoms with Gasteiger partial charge in [-0.15, -0.1) is 0 Å². The van der Waals surface area contributed by atoms with Gasteiger partial charge in [0.15, 0.2) is 0 Å². The van der Waals surface area contributed by atoms with Crippen molar-refractivity contribution in [2.45, 2.75) is 46.1 Å². The number of hydrogen-bond acceptors (Lipinski definition) is 2. The van der Waals surface area contributed by atoms with Gasteiger partial charge in [-0.2, -0.15) is 0 Å². The molecule has 3 nitrogen and oxygen atoms in total. The normalized spacial score (nSPS) is 11.4. The number of nitrogens with one attached hydrogen (secondary N) is 2. The Labute approximate surface area is 116 Å². The Bertz CT molecular complexity index is 433. The van der Waals surface area contributed by atoms with Crippen LogP contribution in [0.5, 0.6) is 0 Å². The van der Waals surface area contributed by atoms with E-state index in [-0.39, 0.29) is 11.3 Å². The van der Waals surface area contributed by atoms with E-state index in [0.29, 0.717) is 19.5 Å². The zero-order valence-electron chi connectivity index (χ0n) is 12.8. The third-order valence-corrected chi connectivity index (χ3v) is 3.29. The molecule has 0 radical (unpaired) electrons. The minimum atomic E-state index is 0.0925. The number of benzene rings is 1. The van der Waals surface area contributed by atoms with E-state index in [1.54, 1.807) is 0 Å². The number of amides is 1. The lowest BCUT2D eigenvalue weighted by molar-refractivity contribution is -0.121. The average Bonchev–Trinajstić information content (AvgIpc) is 2.33. The zero-order chi connectivity index (χ0) is 14.5. The Morgan fingerprint density at radius 3 is 2.53 bits per heavy atom. The highest BCUT2D eigenvalue weighted by Gasteiger charge is 2.14. The van der Waals surface area contributed by atoms with Gasteiger partial charge in [0.1, 0.15) is 0 Å². The Morgan fingerprint density at radius 1 is 1.26 bits per heavy atom. The van der Waals surface area contributed by atoms with Gasteiger partial charge in [0.05, 0.1) is 0 Å². The summed E-state index contributed by atoms with van der Waals surface area (Å²) in [7, 11) is 1.85. The second kappa shape index (κ2) is 6.71. The molecule has 0 aliphatic rings. The molecule has 0 spiro atoms. The minimum absolute atomic E-state index is 0.0925. The van der Waals surface area contributed by atoms with E-state index in [1.807, 2.05) is 7.05 Å². The first kappa shape index (κ1) is 15.7. The van der Waals surface area contributed by atoms with Crippen LogP contribution < -0.4 is 10.6 Å². The summed E-state index contributed by atoms with van der Waals surface area (Å²) in [4.78, 5) is 11.6. The maximum atomic E-state index is 11.6. The molecular formula is C16H26N2O. The van der Waals surface area contributed by atoms with Gasteiger partial charge >= 0.3 is 0 Å². The number of rotatable bonds is 5. The summed E-state index contributed by atoms with van der Waals surface area (Å²) in [5.41, 5.74) is 3.86. The number of carbonyl (C=O) groups excluding carboxylic acids is 1. The zero-order valence-corrected chi connectivity index (χ0v) is 12.8. The Hall–Kier alpha value is -1.35. The first-order valence-electron chi connectivity index (χ1n) is 6.86. The monoisotopic (exact) mass is 262 g/mol. The lowest BCUT2D eigenvalue weighted by Gasteiger charge is -2.21. The van der Waals surface area contributed by atoms with Crippen molar-refractivity contribution in [1.82, 2.24) is 10.6 Å². The molecule has 1 aromatic rings. The molecule has 106 valence electrons. The SMILES string of the molecule is CNCCC(=O)NCc1cc(C(C)(C)C)ccc1C. The summed E-state index contributed by atoms with van der Waals surface area (Å²) in [5, 5.41) is 5.95. The third kappa shape index (κ3) is 5.03. The molecule has 0 aliphatic carbocycles. The second-order valence-electron chi connectivity index (χ2n) is 6.02. The maximum absolute atomic E-state index is 11.6. The van der Waals surface area contributed by atoms with Crippen LogP contribution in [-0.4, -0.2) is 19.5 Å². The molecule has 2 N–H and O–H groups in total. The molecule has 0 aliphatic heterocycles. The largest absolute Gasteiger partial charge is 0.352 e. The fraction of sp³-hybridized carbons (Fsp3) is 0.562. The molecule has 0 aromatic heterocycles. The van der Waals surface area contributed by atoms with Crippen LogP contribution in [0.15, 0.2) is 18.2 Å². The van der Waals surface area contributed by atoms with Crippen molar-refractivity contribution < 1.29 is 4.79 Å². The van der Waals surface area contributed by atoms with Gasteiger partial charge in [-0.25, -0.2) is 0 Å². The van der Waals surface area contributed by atoms with Crippen LogP contribution in [0.4, 0.5) is 0 Å². The molecule has 0 heterocycles. The molecule has 19 heavy (non-hydrogen) atoms. The standard InChI is InChI=1S/C16H26N2O/c1-12-6-7-14(16(2,3)4)10-13(12)11-18-15(19)8-9-17-5/h6-7,10,17H,8-9,11H2,1-5H3,(H,18,19). The fourth-order valence-corrected chi connectivity index (χ4v) is 1.85. The lowest BCUT2D eigenvalue weighted by atomic mass is 9.85. The van der Waals surface area contributed by atoms with Crippen molar-refractivity contribution in [3.05, 3.63) is 34.9 Å². The van der Waals surface area contributed by atoms with E-state index >= 15 is 0 Å². The summed E-state index contributed by atoms with van der Waals surface area (Å²) >= 11 is 0. The molecule has 1 rings (SSSR count). The van der Waals surface area contributed by atoms with Gasteiger partial charge in [0.2, 0.25) is 5.91 Å². The van der Waals surface area contributed by atoms with Crippen molar-refractivity contribution in [2.75, 3.05) is 13.6 Å². The van der Waals surface area contributed by atoms with Gasteiger partial charge in [-0.05, 0) is 36.1 Å². The molecule has 1 amide bonds. The minimum Gasteiger partial charge on any atom is -0.352 e. The predicted octanol–water partition coefficient (Wildman–Crippen LogP) is 2.52. The van der Waals surface area contributed by atoms with Crippen molar-refractivity contribution in [2.24, 2.45) is 0 Å². The Balaban J connectivity index is 2.70. The molecule has 0 saturated carbocycles. The van der Waals surface area contributed by atoms with Crippen LogP contribution >= 0.6 is 0 Å². The van der Waals surface area contributed by atoms with Crippen LogP contribution in [0.25, 0.3) is 0 Å². The smallest absolute Gasteiger partial charge is 0.221 e. The van der Waals surface area contributed by atoms with Gasteiger partial charge < -0.3 is 10.6 Å².